The molecular weight excluding hydrogens is 342 g/mol. The Labute approximate surface area is 159 Å². The fourth-order valence-electron chi connectivity index (χ4n) is 3.88. The smallest absolute Gasteiger partial charge is 0.223 e. The van der Waals surface area contributed by atoms with E-state index >= 15 is 0 Å². The first-order chi connectivity index (χ1) is 12.8. The highest BCUT2D eigenvalue weighted by molar-refractivity contribution is 7.11. The SMILES string of the molecule is O=C(CCc1nc2c(s1)CCCC2)N1CCN(Cc2ccccc2)CC1. The molecular formula is C21H27N3OS. The van der Waals surface area contributed by atoms with E-state index in [2.05, 4.69) is 35.2 Å². The summed E-state index contributed by atoms with van der Waals surface area (Å²) in [5, 5.41) is 1.16. The van der Waals surface area contributed by atoms with E-state index in [0.29, 0.717) is 6.42 Å². The molecule has 138 valence electrons. The van der Waals surface area contributed by atoms with Gasteiger partial charge in [-0.2, -0.15) is 0 Å². The van der Waals surface area contributed by atoms with Crippen molar-refractivity contribution in [3.05, 3.63) is 51.5 Å². The van der Waals surface area contributed by atoms with Crippen LogP contribution in [0.3, 0.4) is 0 Å². The highest BCUT2D eigenvalue weighted by Gasteiger charge is 2.22. The normalized spacial score (nSPS) is 17.9. The molecule has 2 aliphatic rings. The minimum Gasteiger partial charge on any atom is -0.340 e. The second-order valence-corrected chi connectivity index (χ2v) is 8.50. The molecule has 0 unspecified atom stereocenters. The highest BCUT2D eigenvalue weighted by Crippen LogP contribution is 2.27. The van der Waals surface area contributed by atoms with Crippen LogP contribution in [0.1, 0.15) is 40.4 Å². The van der Waals surface area contributed by atoms with E-state index in [1.807, 2.05) is 16.2 Å². The number of rotatable bonds is 5. The lowest BCUT2D eigenvalue weighted by molar-refractivity contribution is -0.133. The average Bonchev–Trinajstić information content (AvgIpc) is 3.10. The van der Waals surface area contributed by atoms with E-state index in [0.717, 1.165) is 50.6 Å². The molecule has 0 radical (unpaired) electrons. The molecule has 26 heavy (non-hydrogen) atoms. The molecule has 0 spiro atoms. The molecule has 0 atom stereocenters. The molecule has 1 saturated heterocycles. The summed E-state index contributed by atoms with van der Waals surface area (Å²) >= 11 is 1.84. The van der Waals surface area contributed by atoms with Gasteiger partial charge in [-0.1, -0.05) is 30.3 Å². The molecule has 0 saturated carbocycles. The number of fused-ring (bicyclic) bond motifs is 1. The van der Waals surface area contributed by atoms with Gasteiger partial charge in [-0.15, -0.1) is 11.3 Å². The summed E-state index contributed by atoms with van der Waals surface area (Å²) in [6.07, 6.45) is 6.28. The number of thiazole rings is 1. The number of aryl methyl sites for hydroxylation is 3. The summed E-state index contributed by atoms with van der Waals surface area (Å²) in [6.45, 7) is 4.60. The lowest BCUT2D eigenvalue weighted by atomic mass is 10.0. The van der Waals surface area contributed by atoms with Crippen LogP contribution < -0.4 is 0 Å². The van der Waals surface area contributed by atoms with E-state index < -0.39 is 0 Å². The van der Waals surface area contributed by atoms with Crippen LogP contribution in [0.25, 0.3) is 0 Å². The van der Waals surface area contributed by atoms with Crippen molar-refractivity contribution >= 4 is 17.2 Å². The number of amides is 1. The molecule has 0 bridgehead atoms. The molecule has 2 heterocycles. The van der Waals surface area contributed by atoms with Crippen molar-refractivity contribution in [2.24, 2.45) is 0 Å². The molecule has 5 heteroatoms. The maximum atomic E-state index is 12.6. The highest BCUT2D eigenvalue weighted by atomic mass is 32.1. The topological polar surface area (TPSA) is 36.4 Å². The van der Waals surface area contributed by atoms with Gasteiger partial charge in [0.1, 0.15) is 0 Å². The third kappa shape index (κ3) is 4.33. The number of carbonyl (C=O) groups excluding carboxylic acids is 1. The Morgan fingerprint density at radius 3 is 2.58 bits per heavy atom. The van der Waals surface area contributed by atoms with Crippen LogP contribution >= 0.6 is 11.3 Å². The molecule has 1 aromatic carbocycles. The van der Waals surface area contributed by atoms with Gasteiger partial charge >= 0.3 is 0 Å². The summed E-state index contributed by atoms with van der Waals surface area (Å²) in [5.74, 6) is 0.289. The van der Waals surface area contributed by atoms with Crippen LogP contribution in [0.15, 0.2) is 30.3 Å². The Kier molecular flexibility index (Phi) is 5.65. The summed E-state index contributed by atoms with van der Waals surface area (Å²) in [5.41, 5.74) is 2.65. The maximum Gasteiger partial charge on any atom is 0.223 e. The van der Waals surface area contributed by atoms with Crippen molar-refractivity contribution < 1.29 is 4.79 Å². The Bertz CT molecular complexity index is 711. The van der Waals surface area contributed by atoms with Gasteiger partial charge in [0, 0.05) is 50.4 Å². The summed E-state index contributed by atoms with van der Waals surface area (Å²) in [6, 6.07) is 10.6. The Morgan fingerprint density at radius 2 is 1.81 bits per heavy atom. The first-order valence-corrected chi connectivity index (χ1v) is 10.6. The van der Waals surface area contributed by atoms with Gasteiger partial charge in [0.15, 0.2) is 0 Å². The number of aromatic nitrogens is 1. The lowest BCUT2D eigenvalue weighted by Crippen LogP contribution is -2.48. The van der Waals surface area contributed by atoms with Gasteiger partial charge in [0.25, 0.3) is 0 Å². The van der Waals surface area contributed by atoms with Crippen LogP contribution in [0, 0.1) is 0 Å². The number of piperazine rings is 1. The van der Waals surface area contributed by atoms with Gasteiger partial charge < -0.3 is 4.90 Å². The van der Waals surface area contributed by atoms with Gasteiger partial charge in [0.2, 0.25) is 5.91 Å². The van der Waals surface area contributed by atoms with Crippen molar-refractivity contribution in [3.8, 4) is 0 Å². The van der Waals surface area contributed by atoms with Crippen molar-refractivity contribution in [3.63, 3.8) is 0 Å². The first kappa shape index (κ1) is 17.7. The summed E-state index contributed by atoms with van der Waals surface area (Å²) in [7, 11) is 0. The summed E-state index contributed by atoms with van der Waals surface area (Å²) < 4.78 is 0. The Hall–Kier alpha value is -1.72. The number of benzene rings is 1. The van der Waals surface area contributed by atoms with Crippen molar-refractivity contribution in [1.82, 2.24) is 14.8 Å². The van der Waals surface area contributed by atoms with Crippen LogP contribution in [-0.2, 0) is 30.6 Å². The zero-order chi connectivity index (χ0) is 17.8. The van der Waals surface area contributed by atoms with Crippen molar-refractivity contribution in [2.75, 3.05) is 26.2 Å². The van der Waals surface area contributed by atoms with E-state index in [1.54, 1.807) is 0 Å². The fourth-order valence-corrected chi connectivity index (χ4v) is 5.04. The standard InChI is InChI=1S/C21H27N3OS/c25-21(11-10-20-22-18-8-4-5-9-19(18)26-20)24-14-12-23(13-15-24)16-17-6-2-1-3-7-17/h1-3,6-7H,4-5,8-16H2. The fraction of sp³-hybridized carbons (Fsp3) is 0.524. The molecule has 1 aliphatic heterocycles. The third-order valence-corrected chi connectivity index (χ3v) is 6.63. The minimum absolute atomic E-state index is 0.289. The molecule has 0 N–H and O–H groups in total. The second-order valence-electron chi connectivity index (χ2n) is 7.33. The molecule has 4 rings (SSSR count). The minimum atomic E-state index is 0.289. The quantitative estimate of drug-likeness (QED) is 0.811. The lowest BCUT2D eigenvalue weighted by Gasteiger charge is -2.34. The van der Waals surface area contributed by atoms with Crippen LogP contribution in [0.5, 0.6) is 0 Å². The maximum absolute atomic E-state index is 12.6. The number of hydrogen-bond donors (Lipinski definition) is 0. The van der Waals surface area contributed by atoms with E-state index in [1.165, 1.54) is 35.4 Å². The zero-order valence-electron chi connectivity index (χ0n) is 15.3. The van der Waals surface area contributed by atoms with E-state index in [-0.39, 0.29) is 5.91 Å². The summed E-state index contributed by atoms with van der Waals surface area (Å²) in [4.78, 5) is 23.3. The number of carbonyl (C=O) groups is 1. The third-order valence-electron chi connectivity index (χ3n) is 5.42. The molecule has 1 aliphatic carbocycles. The number of nitrogens with zero attached hydrogens (tertiary/aromatic N) is 3. The Balaban J connectivity index is 1.23. The van der Waals surface area contributed by atoms with E-state index in [4.69, 9.17) is 4.98 Å². The van der Waals surface area contributed by atoms with Crippen LogP contribution in [0.4, 0.5) is 0 Å². The van der Waals surface area contributed by atoms with Gasteiger partial charge in [-0.3, -0.25) is 9.69 Å². The van der Waals surface area contributed by atoms with E-state index in [9.17, 15) is 4.79 Å². The van der Waals surface area contributed by atoms with Crippen molar-refractivity contribution in [2.45, 2.75) is 45.1 Å². The van der Waals surface area contributed by atoms with Crippen molar-refractivity contribution in [1.29, 1.82) is 0 Å². The monoisotopic (exact) mass is 369 g/mol. The predicted molar refractivity (Wildman–Crippen MR) is 105 cm³/mol. The zero-order valence-corrected chi connectivity index (χ0v) is 16.1. The first-order valence-electron chi connectivity index (χ1n) is 9.79. The van der Waals surface area contributed by atoms with Crippen LogP contribution in [-0.4, -0.2) is 46.9 Å². The average molecular weight is 370 g/mol. The molecule has 1 amide bonds. The Morgan fingerprint density at radius 1 is 1.04 bits per heavy atom. The number of hydrogen-bond acceptors (Lipinski definition) is 4. The molecule has 1 fully saturated rings. The van der Waals surface area contributed by atoms with Gasteiger partial charge in [0.05, 0.1) is 10.7 Å². The van der Waals surface area contributed by atoms with Gasteiger partial charge in [-0.25, -0.2) is 4.98 Å². The largest absolute Gasteiger partial charge is 0.340 e. The second kappa shape index (κ2) is 8.31. The van der Waals surface area contributed by atoms with Crippen LogP contribution in [0.2, 0.25) is 0 Å². The predicted octanol–water partition coefficient (Wildman–Crippen LogP) is 3.30. The molecule has 1 aromatic heterocycles. The van der Waals surface area contributed by atoms with Gasteiger partial charge in [-0.05, 0) is 31.2 Å². The molecule has 2 aromatic rings. The molecule has 4 nitrogen and oxygen atoms in total.